The first kappa shape index (κ1) is 19.6. The number of carbonyl (C=O) groups is 1. The van der Waals surface area contributed by atoms with E-state index in [9.17, 15) is 13.2 Å². The minimum atomic E-state index is -3.70. The molecule has 8 heteroatoms. The van der Waals surface area contributed by atoms with Gasteiger partial charge in [-0.05, 0) is 30.7 Å². The van der Waals surface area contributed by atoms with Crippen LogP contribution >= 0.6 is 23.2 Å². The van der Waals surface area contributed by atoms with Crippen LogP contribution in [0, 0.1) is 0 Å². The van der Waals surface area contributed by atoms with E-state index in [4.69, 9.17) is 23.2 Å². The van der Waals surface area contributed by atoms with Gasteiger partial charge in [0.25, 0.3) is 0 Å². The molecule has 134 valence electrons. The Morgan fingerprint density at radius 2 is 1.80 bits per heavy atom. The van der Waals surface area contributed by atoms with Crippen molar-refractivity contribution in [3.8, 4) is 0 Å². The third kappa shape index (κ3) is 5.36. The topological polar surface area (TPSA) is 66.5 Å². The van der Waals surface area contributed by atoms with E-state index in [-0.39, 0.29) is 23.3 Å². The van der Waals surface area contributed by atoms with Gasteiger partial charge in [0, 0.05) is 5.02 Å². The summed E-state index contributed by atoms with van der Waals surface area (Å²) in [5.74, 6) is -0.437. The molecule has 2 aromatic rings. The zero-order valence-electron chi connectivity index (χ0n) is 13.7. The molecule has 2 aromatic carbocycles. The molecule has 0 saturated heterocycles. The van der Waals surface area contributed by atoms with E-state index < -0.39 is 15.9 Å². The number of hydrogen-bond acceptors (Lipinski definition) is 3. The molecule has 0 fully saturated rings. The van der Waals surface area contributed by atoms with Gasteiger partial charge in [0.2, 0.25) is 15.9 Å². The summed E-state index contributed by atoms with van der Waals surface area (Å²) in [6, 6.07) is 13.6. The third-order valence-corrected chi connectivity index (χ3v) is 5.21. The quantitative estimate of drug-likeness (QED) is 0.804. The molecule has 0 radical (unpaired) electrons. The van der Waals surface area contributed by atoms with Crippen LogP contribution < -0.4 is 9.62 Å². The molecule has 1 N–H and O–H groups in total. The van der Waals surface area contributed by atoms with Gasteiger partial charge < -0.3 is 5.32 Å². The number of rotatable bonds is 6. The number of hydrogen-bond donors (Lipinski definition) is 1. The maximum absolute atomic E-state index is 12.3. The van der Waals surface area contributed by atoms with Crippen molar-refractivity contribution >= 4 is 44.8 Å². The second-order valence-corrected chi connectivity index (χ2v) is 8.32. The normalized spacial score (nSPS) is 12.5. The van der Waals surface area contributed by atoms with Crippen LogP contribution in [0.4, 0.5) is 5.69 Å². The first-order valence-corrected chi connectivity index (χ1v) is 10.1. The van der Waals surface area contributed by atoms with Crippen molar-refractivity contribution in [1.29, 1.82) is 0 Å². The molecule has 0 unspecified atom stereocenters. The maximum Gasteiger partial charge on any atom is 0.241 e. The van der Waals surface area contributed by atoms with Crippen LogP contribution in [0.3, 0.4) is 0 Å². The Morgan fingerprint density at radius 1 is 1.16 bits per heavy atom. The molecule has 25 heavy (non-hydrogen) atoms. The summed E-state index contributed by atoms with van der Waals surface area (Å²) in [5.41, 5.74) is 1.13. The lowest BCUT2D eigenvalue weighted by Gasteiger charge is -2.24. The van der Waals surface area contributed by atoms with Crippen LogP contribution in [0.15, 0.2) is 48.5 Å². The summed E-state index contributed by atoms with van der Waals surface area (Å²) in [6.07, 6.45) is 1.02. The molecule has 1 amide bonds. The smallest absolute Gasteiger partial charge is 0.241 e. The average molecular weight is 401 g/mol. The van der Waals surface area contributed by atoms with Crippen LogP contribution in [-0.4, -0.2) is 27.1 Å². The van der Waals surface area contributed by atoms with E-state index >= 15 is 0 Å². The van der Waals surface area contributed by atoms with Crippen molar-refractivity contribution in [3.63, 3.8) is 0 Å². The Hall–Kier alpha value is -1.76. The number of nitrogens with zero attached hydrogens (tertiary/aromatic N) is 1. The van der Waals surface area contributed by atoms with Crippen LogP contribution in [0.25, 0.3) is 0 Å². The zero-order valence-corrected chi connectivity index (χ0v) is 16.1. The second kappa shape index (κ2) is 8.08. The van der Waals surface area contributed by atoms with E-state index in [0.717, 1.165) is 16.1 Å². The van der Waals surface area contributed by atoms with Gasteiger partial charge in [-0.2, -0.15) is 0 Å². The number of amides is 1. The predicted octanol–water partition coefficient (Wildman–Crippen LogP) is 3.64. The van der Waals surface area contributed by atoms with E-state index in [2.05, 4.69) is 5.32 Å². The Labute approximate surface area is 157 Å². The van der Waals surface area contributed by atoms with E-state index in [0.29, 0.717) is 5.02 Å². The van der Waals surface area contributed by atoms with E-state index in [1.54, 1.807) is 0 Å². The van der Waals surface area contributed by atoms with Gasteiger partial charge in [-0.3, -0.25) is 9.10 Å². The van der Waals surface area contributed by atoms with Crippen molar-refractivity contribution in [2.24, 2.45) is 0 Å². The van der Waals surface area contributed by atoms with Gasteiger partial charge in [0.15, 0.2) is 0 Å². The number of anilines is 1. The number of benzene rings is 2. The summed E-state index contributed by atoms with van der Waals surface area (Å²) in [6.45, 7) is 1.45. The monoisotopic (exact) mass is 400 g/mol. The molecule has 0 saturated carbocycles. The molecule has 1 atom stereocenters. The lowest BCUT2D eigenvalue weighted by atomic mass is 10.1. The predicted molar refractivity (Wildman–Crippen MR) is 102 cm³/mol. The number of sulfonamides is 1. The largest absolute Gasteiger partial charge is 0.348 e. The minimum absolute atomic E-state index is 0.154. The molecule has 0 aliphatic heterocycles. The van der Waals surface area contributed by atoms with Gasteiger partial charge in [0.1, 0.15) is 6.54 Å². The van der Waals surface area contributed by atoms with Gasteiger partial charge in [-0.25, -0.2) is 8.42 Å². The SMILES string of the molecule is C[C@@H](NC(=O)CN(c1ccc(Cl)cc1Cl)S(C)(=O)=O)c1ccccc1. The van der Waals surface area contributed by atoms with Gasteiger partial charge in [0.05, 0.1) is 23.0 Å². The summed E-state index contributed by atoms with van der Waals surface area (Å²) >= 11 is 11.9. The summed E-state index contributed by atoms with van der Waals surface area (Å²) in [7, 11) is -3.70. The van der Waals surface area contributed by atoms with Crippen molar-refractivity contribution in [1.82, 2.24) is 5.32 Å². The van der Waals surface area contributed by atoms with E-state index in [1.165, 1.54) is 18.2 Å². The van der Waals surface area contributed by atoms with Crippen LogP contribution in [-0.2, 0) is 14.8 Å². The number of halogens is 2. The Morgan fingerprint density at radius 3 is 2.36 bits per heavy atom. The average Bonchev–Trinajstić information content (AvgIpc) is 2.53. The van der Waals surface area contributed by atoms with Crippen LogP contribution in [0.1, 0.15) is 18.5 Å². The fourth-order valence-electron chi connectivity index (χ4n) is 2.31. The standard InChI is InChI=1S/C17H18Cl2N2O3S/c1-12(13-6-4-3-5-7-13)20-17(22)11-21(25(2,23)24)16-9-8-14(18)10-15(16)19/h3-10,12H,11H2,1-2H3,(H,20,22)/t12-/m1/s1. The Kier molecular flexibility index (Phi) is 6.32. The highest BCUT2D eigenvalue weighted by Gasteiger charge is 2.24. The Bertz CT molecular complexity index is 857. The molecular weight excluding hydrogens is 383 g/mol. The molecule has 0 bridgehead atoms. The fourth-order valence-corrected chi connectivity index (χ4v) is 3.74. The van der Waals surface area contributed by atoms with Gasteiger partial charge in [-0.1, -0.05) is 53.5 Å². The molecular formula is C17H18Cl2N2O3S. The molecule has 0 aliphatic carbocycles. The number of nitrogens with one attached hydrogen (secondary N) is 1. The first-order valence-electron chi connectivity index (χ1n) is 7.45. The molecule has 0 aliphatic rings. The van der Waals surface area contributed by atoms with Crippen LogP contribution in [0.2, 0.25) is 10.0 Å². The highest BCUT2D eigenvalue weighted by atomic mass is 35.5. The van der Waals surface area contributed by atoms with Crippen LogP contribution in [0.5, 0.6) is 0 Å². The highest BCUT2D eigenvalue weighted by Crippen LogP contribution is 2.30. The van der Waals surface area contributed by atoms with Gasteiger partial charge in [-0.15, -0.1) is 0 Å². The molecule has 2 rings (SSSR count). The van der Waals surface area contributed by atoms with Crippen molar-refractivity contribution in [3.05, 3.63) is 64.1 Å². The summed E-state index contributed by atoms with van der Waals surface area (Å²) in [5, 5.41) is 3.32. The maximum atomic E-state index is 12.3. The second-order valence-electron chi connectivity index (χ2n) is 5.57. The zero-order chi connectivity index (χ0) is 18.6. The van der Waals surface area contributed by atoms with Crippen molar-refractivity contribution < 1.29 is 13.2 Å². The molecule has 0 aromatic heterocycles. The molecule has 0 spiro atoms. The third-order valence-electron chi connectivity index (χ3n) is 3.54. The summed E-state index contributed by atoms with van der Waals surface area (Å²) in [4.78, 5) is 12.3. The lowest BCUT2D eigenvalue weighted by molar-refractivity contribution is -0.120. The summed E-state index contributed by atoms with van der Waals surface area (Å²) < 4.78 is 25.2. The number of carbonyl (C=O) groups excluding carboxylic acids is 1. The fraction of sp³-hybridized carbons (Fsp3) is 0.235. The molecule has 0 heterocycles. The lowest BCUT2D eigenvalue weighted by Crippen LogP contribution is -2.41. The highest BCUT2D eigenvalue weighted by molar-refractivity contribution is 7.92. The van der Waals surface area contributed by atoms with Crippen molar-refractivity contribution in [2.45, 2.75) is 13.0 Å². The first-order chi connectivity index (χ1) is 11.7. The van der Waals surface area contributed by atoms with E-state index in [1.807, 2.05) is 37.3 Å². The molecule has 5 nitrogen and oxygen atoms in total. The Balaban J connectivity index is 2.19. The van der Waals surface area contributed by atoms with Crippen molar-refractivity contribution in [2.75, 3.05) is 17.1 Å². The van der Waals surface area contributed by atoms with Gasteiger partial charge >= 0.3 is 0 Å². The minimum Gasteiger partial charge on any atom is -0.348 e.